The van der Waals surface area contributed by atoms with E-state index in [1.54, 1.807) is 11.0 Å². The molecular weight excluding hydrogens is 433 g/mol. The molecule has 32 heavy (non-hydrogen) atoms. The van der Waals surface area contributed by atoms with Crippen molar-refractivity contribution in [1.29, 1.82) is 0 Å². The molecule has 0 aliphatic carbocycles. The third-order valence-corrected chi connectivity index (χ3v) is 7.52. The number of benzene rings is 2. The lowest BCUT2D eigenvalue weighted by atomic mass is 9.98. The number of amides is 1. The summed E-state index contributed by atoms with van der Waals surface area (Å²) in [4.78, 5) is 16.8. The maximum atomic E-state index is 13.2. The van der Waals surface area contributed by atoms with Crippen molar-refractivity contribution in [3.63, 3.8) is 0 Å². The molecule has 1 N–H and O–H groups in total. The fraction of sp³-hybridized carbons (Fsp3) is 0.318. The average Bonchev–Trinajstić information content (AvgIpc) is 3.34. The summed E-state index contributed by atoms with van der Waals surface area (Å²) in [6.45, 7) is 2.32. The Labute approximate surface area is 186 Å². The number of hydrogen-bond acceptors (Lipinski definition) is 5. The number of carbonyl (C=O) groups is 1. The van der Waals surface area contributed by atoms with Crippen molar-refractivity contribution in [1.82, 2.24) is 24.4 Å². The fourth-order valence-corrected chi connectivity index (χ4v) is 5.33. The number of sulfonamides is 1. The van der Waals surface area contributed by atoms with Crippen LogP contribution in [0.1, 0.15) is 31.4 Å². The van der Waals surface area contributed by atoms with Gasteiger partial charge in [-0.1, -0.05) is 12.1 Å². The maximum absolute atomic E-state index is 13.2. The molecule has 0 bridgehead atoms. The first-order valence-corrected chi connectivity index (χ1v) is 11.8. The molecular formula is C22H24FN5O3S. The standard InChI is InChI=1S/C22H24FN5O3S/c1-16(17-4-8-20(9-5-17)28-15-24-14-25-28)26-22(29)18-3-2-12-27(13-18)32(30,31)21-10-6-19(23)7-11-21/h4-11,14-16,18H,2-3,12-13H2,1H3,(H,26,29)/t16-,18+/m1/s1. The molecule has 8 nitrogen and oxygen atoms in total. The molecule has 0 radical (unpaired) electrons. The molecule has 1 aliphatic rings. The molecule has 4 rings (SSSR count). The molecule has 1 aromatic heterocycles. The zero-order valence-electron chi connectivity index (χ0n) is 17.6. The van der Waals surface area contributed by atoms with Gasteiger partial charge < -0.3 is 5.32 Å². The molecule has 2 heterocycles. The smallest absolute Gasteiger partial charge is 0.243 e. The van der Waals surface area contributed by atoms with Crippen LogP contribution in [0.15, 0.2) is 66.1 Å². The van der Waals surface area contributed by atoms with Crippen LogP contribution < -0.4 is 5.32 Å². The highest BCUT2D eigenvalue weighted by Gasteiger charge is 2.33. The molecule has 168 valence electrons. The third kappa shape index (κ3) is 4.71. The number of nitrogens with zero attached hydrogens (tertiary/aromatic N) is 4. The topological polar surface area (TPSA) is 97.2 Å². The molecule has 10 heteroatoms. The quantitative estimate of drug-likeness (QED) is 0.614. The number of aromatic nitrogens is 3. The van der Waals surface area contributed by atoms with Crippen molar-refractivity contribution >= 4 is 15.9 Å². The summed E-state index contributed by atoms with van der Waals surface area (Å²) in [6.07, 6.45) is 4.26. The summed E-state index contributed by atoms with van der Waals surface area (Å²) in [5.74, 6) is -1.13. The van der Waals surface area contributed by atoms with Gasteiger partial charge in [0, 0.05) is 13.1 Å². The molecule has 3 aromatic rings. The van der Waals surface area contributed by atoms with Crippen LogP contribution in [0.3, 0.4) is 0 Å². The SMILES string of the molecule is C[C@@H](NC(=O)[C@H]1CCCN(S(=O)(=O)c2ccc(F)cc2)C1)c1ccc(-n2cncn2)cc1. The van der Waals surface area contributed by atoms with Gasteiger partial charge in [0.1, 0.15) is 18.5 Å². The molecule has 2 atom stereocenters. The van der Waals surface area contributed by atoms with E-state index in [-0.39, 0.29) is 23.4 Å². The Kier molecular flexibility index (Phi) is 6.33. The second kappa shape index (κ2) is 9.17. The Balaban J connectivity index is 1.40. The zero-order chi connectivity index (χ0) is 22.7. The van der Waals surface area contributed by atoms with E-state index >= 15 is 0 Å². The Hall–Kier alpha value is -3.11. The number of carbonyl (C=O) groups excluding carboxylic acids is 1. The predicted octanol–water partition coefficient (Wildman–Crippen LogP) is 2.68. The van der Waals surface area contributed by atoms with Gasteiger partial charge in [0.2, 0.25) is 15.9 Å². The minimum Gasteiger partial charge on any atom is -0.349 e. The van der Waals surface area contributed by atoms with E-state index in [9.17, 15) is 17.6 Å². The van der Waals surface area contributed by atoms with E-state index in [0.29, 0.717) is 19.4 Å². The summed E-state index contributed by atoms with van der Waals surface area (Å²) in [5.41, 5.74) is 1.78. The minimum atomic E-state index is -3.78. The van der Waals surface area contributed by atoms with Crippen molar-refractivity contribution < 1.29 is 17.6 Å². The molecule has 0 saturated carbocycles. The van der Waals surface area contributed by atoms with Crippen LogP contribution in [-0.2, 0) is 14.8 Å². The van der Waals surface area contributed by atoms with Crippen molar-refractivity contribution in [3.05, 3.63) is 72.6 Å². The Morgan fingerprint density at radius 3 is 2.53 bits per heavy atom. The van der Waals surface area contributed by atoms with Gasteiger partial charge in [-0.25, -0.2) is 22.5 Å². The predicted molar refractivity (Wildman–Crippen MR) is 116 cm³/mol. The van der Waals surface area contributed by atoms with Crippen molar-refractivity contribution in [2.75, 3.05) is 13.1 Å². The Morgan fingerprint density at radius 1 is 1.16 bits per heavy atom. The lowest BCUT2D eigenvalue weighted by Gasteiger charge is -2.32. The Morgan fingerprint density at radius 2 is 1.88 bits per heavy atom. The van der Waals surface area contributed by atoms with Crippen LogP contribution in [0.5, 0.6) is 0 Å². The number of piperidine rings is 1. The zero-order valence-corrected chi connectivity index (χ0v) is 18.4. The normalized spacial score (nSPS) is 18.2. The molecule has 0 spiro atoms. The molecule has 2 aromatic carbocycles. The number of hydrogen-bond donors (Lipinski definition) is 1. The Bertz CT molecular complexity index is 1170. The third-order valence-electron chi connectivity index (χ3n) is 5.64. The van der Waals surface area contributed by atoms with Crippen molar-refractivity contribution in [2.45, 2.75) is 30.7 Å². The lowest BCUT2D eigenvalue weighted by molar-refractivity contribution is -0.126. The van der Waals surface area contributed by atoms with E-state index in [1.807, 2.05) is 31.2 Å². The van der Waals surface area contributed by atoms with E-state index in [1.165, 1.54) is 22.8 Å². The van der Waals surface area contributed by atoms with Gasteiger partial charge in [-0.3, -0.25) is 4.79 Å². The van der Waals surface area contributed by atoms with Crippen LogP contribution in [0.2, 0.25) is 0 Å². The number of halogens is 1. The highest BCUT2D eigenvalue weighted by Crippen LogP contribution is 2.25. The second-order valence-corrected chi connectivity index (χ2v) is 9.76. The largest absolute Gasteiger partial charge is 0.349 e. The highest BCUT2D eigenvalue weighted by molar-refractivity contribution is 7.89. The van der Waals surface area contributed by atoms with Gasteiger partial charge >= 0.3 is 0 Å². The average molecular weight is 458 g/mol. The van der Waals surface area contributed by atoms with Gasteiger partial charge in [0.05, 0.1) is 22.5 Å². The first-order chi connectivity index (χ1) is 15.3. The van der Waals surface area contributed by atoms with E-state index in [0.717, 1.165) is 23.4 Å². The second-order valence-electron chi connectivity index (χ2n) is 7.82. The molecule has 1 saturated heterocycles. The fourth-order valence-electron chi connectivity index (χ4n) is 3.80. The number of nitrogens with one attached hydrogen (secondary N) is 1. The van der Waals surface area contributed by atoms with Crippen LogP contribution in [0.25, 0.3) is 5.69 Å². The highest BCUT2D eigenvalue weighted by atomic mass is 32.2. The van der Waals surface area contributed by atoms with Gasteiger partial charge in [-0.2, -0.15) is 9.40 Å². The molecule has 0 unspecified atom stereocenters. The van der Waals surface area contributed by atoms with Gasteiger partial charge in [-0.05, 0) is 61.7 Å². The minimum absolute atomic E-state index is 0.0285. The van der Waals surface area contributed by atoms with Crippen molar-refractivity contribution in [2.24, 2.45) is 5.92 Å². The van der Waals surface area contributed by atoms with Crippen LogP contribution in [-0.4, -0.2) is 46.5 Å². The van der Waals surface area contributed by atoms with Gasteiger partial charge in [-0.15, -0.1) is 0 Å². The molecule has 1 fully saturated rings. The van der Waals surface area contributed by atoms with Gasteiger partial charge in [0.15, 0.2) is 0 Å². The summed E-state index contributed by atoms with van der Waals surface area (Å²) in [6, 6.07) is 12.1. The van der Waals surface area contributed by atoms with Crippen LogP contribution in [0, 0.1) is 11.7 Å². The molecule has 1 amide bonds. The van der Waals surface area contributed by atoms with Crippen molar-refractivity contribution in [3.8, 4) is 5.69 Å². The van der Waals surface area contributed by atoms with Crippen LogP contribution >= 0.6 is 0 Å². The van der Waals surface area contributed by atoms with E-state index in [2.05, 4.69) is 15.4 Å². The summed E-state index contributed by atoms with van der Waals surface area (Å²) >= 11 is 0. The number of rotatable bonds is 6. The monoisotopic (exact) mass is 457 g/mol. The lowest BCUT2D eigenvalue weighted by Crippen LogP contribution is -2.45. The van der Waals surface area contributed by atoms with Gasteiger partial charge in [0.25, 0.3) is 0 Å². The first-order valence-electron chi connectivity index (χ1n) is 10.4. The van der Waals surface area contributed by atoms with E-state index in [4.69, 9.17) is 0 Å². The molecule has 1 aliphatic heterocycles. The summed E-state index contributed by atoms with van der Waals surface area (Å²) < 4.78 is 41.9. The first kappa shape index (κ1) is 22.1. The maximum Gasteiger partial charge on any atom is 0.243 e. The summed E-state index contributed by atoms with van der Waals surface area (Å²) in [7, 11) is -3.78. The summed E-state index contributed by atoms with van der Waals surface area (Å²) in [5, 5.41) is 7.08. The van der Waals surface area contributed by atoms with E-state index < -0.39 is 21.8 Å². The van der Waals surface area contributed by atoms with Crippen LogP contribution in [0.4, 0.5) is 4.39 Å².